The Morgan fingerprint density at radius 1 is 0.826 bits per heavy atom. The van der Waals surface area contributed by atoms with Crippen LogP contribution in [-0.2, 0) is 0 Å². The summed E-state index contributed by atoms with van der Waals surface area (Å²) in [5.74, 6) is -3.09. The van der Waals surface area contributed by atoms with E-state index in [2.05, 4.69) is 24.3 Å². The van der Waals surface area contributed by atoms with Gasteiger partial charge in [-0.3, -0.25) is 0 Å². The normalized spacial score (nSPS) is 10.1. The molecule has 10 nitrogen and oxygen atoms in total. The number of carboxylic acids is 2. The van der Waals surface area contributed by atoms with Gasteiger partial charge in [0.2, 0.25) is 11.5 Å². The molecule has 0 aliphatic carbocycles. The highest BCUT2D eigenvalue weighted by atomic mass is 16.5. The molecule has 3 aromatic heterocycles. The van der Waals surface area contributed by atoms with E-state index in [1.165, 1.54) is 12.1 Å². The first-order chi connectivity index (χ1) is 10.5. The fourth-order valence-electron chi connectivity index (χ4n) is 1.71. The van der Waals surface area contributed by atoms with E-state index in [9.17, 15) is 9.59 Å². The van der Waals surface area contributed by atoms with Gasteiger partial charge >= 0.3 is 11.9 Å². The molecule has 3 rings (SSSR count). The van der Waals surface area contributed by atoms with E-state index in [1.54, 1.807) is 18.2 Å². The van der Waals surface area contributed by atoms with Crippen LogP contribution in [0.2, 0.25) is 0 Å². The third-order valence-corrected chi connectivity index (χ3v) is 2.72. The molecule has 118 valence electrons. The van der Waals surface area contributed by atoms with Gasteiger partial charge in [-0.2, -0.15) is 0 Å². The lowest BCUT2D eigenvalue weighted by atomic mass is 10.2. The molecule has 23 heavy (non-hydrogen) atoms. The number of carboxylic acid groups (broad SMARTS) is 2. The number of hydrogen-bond donors (Lipinski definition) is 2. The first kappa shape index (κ1) is 15.9. The molecule has 0 fully saturated rings. The average molecular weight is 319 g/mol. The quantitative estimate of drug-likeness (QED) is 0.710. The first-order valence-electron chi connectivity index (χ1n) is 5.92. The van der Waals surface area contributed by atoms with Gasteiger partial charge in [-0.05, 0) is 12.1 Å². The highest BCUT2D eigenvalue weighted by Gasteiger charge is 2.16. The Balaban J connectivity index is 0.00000192. The van der Waals surface area contributed by atoms with Crippen LogP contribution < -0.4 is 0 Å². The topological polar surface area (TPSA) is 171 Å². The zero-order valence-corrected chi connectivity index (χ0v) is 11.3. The van der Waals surface area contributed by atoms with E-state index in [0.717, 1.165) is 0 Å². The van der Waals surface area contributed by atoms with Gasteiger partial charge in [0.15, 0.2) is 0 Å². The maximum absolute atomic E-state index is 10.8. The summed E-state index contributed by atoms with van der Waals surface area (Å²) in [6.45, 7) is 0. The van der Waals surface area contributed by atoms with Gasteiger partial charge in [0.05, 0.1) is 11.4 Å². The molecule has 0 amide bonds. The van der Waals surface area contributed by atoms with Crippen molar-refractivity contribution in [2.45, 2.75) is 0 Å². The summed E-state index contributed by atoms with van der Waals surface area (Å²) in [4.78, 5) is 25.8. The predicted octanol–water partition coefficient (Wildman–Crippen LogP) is 0.963. The molecule has 0 atom stereocenters. The highest BCUT2D eigenvalue weighted by molar-refractivity contribution is 5.86. The summed E-state index contributed by atoms with van der Waals surface area (Å²) >= 11 is 0. The molecule has 0 radical (unpaired) electrons. The Labute approximate surface area is 127 Å². The fourth-order valence-corrected chi connectivity index (χ4v) is 1.71. The van der Waals surface area contributed by atoms with Crippen LogP contribution >= 0.6 is 0 Å². The van der Waals surface area contributed by atoms with Crippen LogP contribution in [-0.4, -0.2) is 42.9 Å². The number of pyridine rings is 1. The molecule has 10 heteroatoms. The van der Waals surface area contributed by atoms with Gasteiger partial charge in [-0.1, -0.05) is 16.4 Å². The van der Waals surface area contributed by atoms with Crippen molar-refractivity contribution in [1.29, 1.82) is 0 Å². The number of aromatic nitrogens is 3. The van der Waals surface area contributed by atoms with Crippen LogP contribution in [0.4, 0.5) is 0 Å². The van der Waals surface area contributed by atoms with Gasteiger partial charge in [0.1, 0.15) is 11.4 Å². The fraction of sp³-hybridized carbons (Fsp3) is 0. The maximum atomic E-state index is 10.8. The molecular formula is C13H9N3O7. The third kappa shape index (κ3) is 3.06. The number of nitrogens with zero attached hydrogens (tertiary/aromatic N) is 3. The predicted molar refractivity (Wildman–Crippen MR) is 72.8 cm³/mol. The molecule has 0 saturated heterocycles. The Morgan fingerprint density at radius 3 is 1.61 bits per heavy atom. The van der Waals surface area contributed by atoms with Crippen molar-refractivity contribution in [2.75, 3.05) is 0 Å². The number of aromatic carboxylic acids is 2. The van der Waals surface area contributed by atoms with Crippen LogP contribution in [0, 0.1) is 0 Å². The minimum absolute atomic E-state index is 0. The lowest BCUT2D eigenvalue weighted by Crippen LogP contribution is -1.92. The van der Waals surface area contributed by atoms with Crippen LogP contribution in [0.25, 0.3) is 22.8 Å². The molecule has 0 aromatic carbocycles. The smallest absolute Gasteiger partial charge is 0.374 e. The van der Waals surface area contributed by atoms with E-state index in [1.807, 2.05) is 0 Å². The van der Waals surface area contributed by atoms with Crippen LogP contribution in [0.5, 0.6) is 0 Å². The van der Waals surface area contributed by atoms with E-state index >= 15 is 0 Å². The molecule has 0 spiro atoms. The van der Waals surface area contributed by atoms with E-state index < -0.39 is 11.9 Å². The van der Waals surface area contributed by atoms with Crippen molar-refractivity contribution < 1.29 is 34.3 Å². The van der Waals surface area contributed by atoms with Crippen molar-refractivity contribution >= 4 is 11.9 Å². The summed E-state index contributed by atoms with van der Waals surface area (Å²) in [5.41, 5.74) is 1.18. The SMILES string of the molecule is O.O=C(O)c1cc(-c2cccc(-c3cc(C(=O)O)on3)n2)no1. The average Bonchev–Trinajstić information content (AvgIpc) is 3.17. The summed E-state index contributed by atoms with van der Waals surface area (Å²) < 4.78 is 9.32. The molecule has 3 heterocycles. The van der Waals surface area contributed by atoms with E-state index in [4.69, 9.17) is 10.2 Å². The molecule has 0 aliphatic heterocycles. The minimum Gasteiger partial charge on any atom is -0.475 e. The Bertz CT molecular complexity index is 800. The van der Waals surface area contributed by atoms with Crippen LogP contribution in [0.1, 0.15) is 21.1 Å². The molecular weight excluding hydrogens is 310 g/mol. The lowest BCUT2D eigenvalue weighted by Gasteiger charge is -1.97. The van der Waals surface area contributed by atoms with E-state index in [-0.39, 0.29) is 28.4 Å². The maximum Gasteiger partial charge on any atom is 0.374 e. The second-order valence-corrected chi connectivity index (χ2v) is 4.17. The molecule has 0 aliphatic rings. The minimum atomic E-state index is -1.24. The van der Waals surface area contributed by atoms with Gasteiger partial charge in [-0.15, -0.1) is 0 Å². The number of carbonyl (C=O) groups is 2. The monoisotopic (exact) mass is 319 g/mol. The molecule has 4 N–H and O–H groups in total. The standard InChI is InChI=1S/C13H7N3O6.H2O/c17-12(18)10-4-8(15-21-10)6-2-1-3-7(14-6)9-5-11(13(19)20)22-16-9;/h1-5H,(H,17,18)(H,19,20);1H2. The third-order valence-electron chi connectivity index (χ3n) is 2.72. The zero-order chi connectivity index (χ0) is 15.7. The Kier molecular flexibility index (Phi) is 4.18. The van der Waals surface area contributed by atoms with Crippen molar-refractivity contribution in [1.82, 2.24) is 15.3 Å². The molecule has 0 saturated carbocycles. The number of hydrogen-bond acceptors (Lipinski definition) is 7. The van der Waals surface area contributed by atoms with Gasteiger partial charge in [0.25, 0.3) is 0 Å². The van der Waals surface area contributed by atoms with Crippen molar-refractivity contribution in [2.24, 2.45) is 0 Å². The Hall–Kier alpha value is -3.53. The largest absolute Gasteiger partial charge is 0.475 e. The number of rotatable bonds is 4. The summed E-state index contributed by atoms with van der Waals surface area (Å²) in [6.07, 6.45) is 0. The first-order valence-corrected chi connectivity index (χ1v) is 5.92. The summed E-state index contributed by atoms with van der Waals surface area (Å²) in [5, 5.41) is 24.8. The second kappa shape index (κ2) is 6.07. The summed E-state index contributed by atoms with van der Waals surface area (Å²) in [6, 6.07) is 7.32. The van der Waals surface area contributed by atoms with Crippen LogP contribution in [0.3, 0.4) is 0 Å². The molecule has 0 bridgehead atoms. The lowest BCUT2D eigenvalue weighted by molar-refractivity contribution is 0.0642. The van der Waals surface area contributed by atoms with Crippen molar-refractivity contribution in [3.8, 4) is 22.8 Å². The van der Waals surface area contributed by atoms with Gasteiger partial charge in [0, 0.05) is 12.1 Å². The van der Waals surface area contributed by atoms with Crippen LogP contribution in [0.15, 0.2) is 39.4 Å². The Morgan fingerprint density at radius 2 is 1.26 bits per heavy atom. The van der Waals surface area contributed by atoms with Crippen molar-refractivity contribution in [3.05, 3.63) is 41.9 Å². The summed E-state index contributed by atoms with van der Waals surface area (Å²) in [7, 11) is 0. The highest BCUT2D eigenvalue weighted by Crippen LogP contribution is 2.22. The zero-order valence-electron chi connectivity index (χ0n) is 11.3. The molecule has 3 aromatic rings. The molecule has 0 unspecified atom stereocenters. The van der Waals surface area contributed by atoms with Gasteiger partial charge < -0.3 is 24.7 Å². The van der Waals surface area contributed by atoms with Crippen molar-refractivity contribution in [3.63, 3.8) is 0 Å². The van der Waals surface area contributed by atoms with E-state index in [0.29, 0.717) is 11.4 Å². The van der Waals surface area contributed by atoms with Gasteiger partial charge in [-0.25, -0.2) is 14.6 Å². The second-order valence-electron chi connectivity index (χ2n) is 4.17.